The summed E-state index contributed by atoms with van der Waals surface area (Å²) in [6, 6.07) is 5.63. The topological polar surface area (TPSA) is 162 Å². The molecule has 0 bridgehead atoms. The lowest BCUT2D eigenvalue weighted by molar-refractivity contribution is -0.172. The number of esters is 1. The van der Waals surface area contributed by atoms with Gasteiger partial charge in [0, 0.05) is 17.7 Å². The van der Waals surface area contributed by atoms with E-state index in [1.54, 1.807) is 31.4 Å². The van der Waals surface area contributed by atoms with Crippen LogP contribution >= 0.6 is 0 Å². The van der Waals surface area contributed by atoms with Gasteiger partial charge in [0.15, 0.2) is 5.60 Å². The molecule has 2 amide bonds. The van der Waals surface area contributed by atoms with E-state index in [9.17, 15) is 24.3 Å². The molecule has 1 aromatic heterocycles. The Labute approximate surface area is 272 Å². The number of nitrogens with zero attached hydrogens (tertiary/aromatic N) is 1. The number of nitrogens with two attached hydrogens (primary N) is 1. The number of benzene rings is 2. The summed E-state index contributed by atoms with van der Waals surface area (Å²) in [6.07, 6.45) is 2.03. The maximum atomic E-state index is 15.2. The lowest BCUT2D eigenvalue weighted by Gasteiger charge is -2.31. The Kier molecular flexibility index (Phi) is 9.86. The molecule has 0 saturated carbocycles. The Morgan fingerprint density at radius 2 is 1.89 bits per heavy atom. The van der Waals surface area contributed by atoms with Crippen molar-refractivity contribution in [3.8, 4) is 11.3 Å². The number of aromatic nitrogens is 1. The molecule has 0 saturated heterocycles. The number of nitrogens with one attached hydrogen (secondary N) is 2. The van der Waals surface area contributed by atoms with E-state index in [1.165, 1.54) is 6.07 Å². The van der Waals surface area contributed by atoms with Crippen molar-refractivity contribution in [1.29, 1.82) is 0 Å². The van der Waals surface area contributed by atoms with Crippen LogP contribution in [0.3, 0.4) is 0 Å². The van der Waals surface area contributed by atoms with Crippen LogP contribution in [0.5, 0.6) is 0 Å². The van der Waals surface area contributed by atoms with E-state index in [1.807, 2.05) is 26.0 Å². The summed E-state index contributed by atoms with van der Waals surface area (Å²) in [7, 11) is 0. The van der Waals surface area contributed by atoms with Crippen LogP contribution in [-0.2, 0) is 49.0 Å². The molecule has 3 heterocycles. The summed E-state index contributed by atoms with van der Waals surface area (Å²) in [5, 5.41) is 18.0. The Bertz CT molecular complexity index is 1800. The number of carbonyl (C=O) groups excluding carboxylic acids is 3. The number of rotatable bonds is 12. The first kappa shape index (κ1) is 34.2. The fraction of sp³-hybridized carbons (Fsp3) is 0.486. The van der Waals surface area contributed by atoms with Crippen LogP contribution in [-0.4, -0.2) is 52.9 Å². The highest BCUT2D eigenvalue weighted by atomic mass is 19.1. The second-order valence-electron chi connectivity index (χ2n) is 12.8. The standard InChI is InChI=1S/C35H43FN4O7/c1-6-35(45)27-14-29-25-11-21-13-28(36)19(4)23(24(21)12-22(25)15-40(29)33(43)26(27)16-47-34(35)44)9-7-8-10-46-17-38-31(41)20(5)39-32(42)30(37)18(2)3/h11-14,18,20,30,45H,6-10,15-17,37H2,1-5H3,(H,38,41)(H,39,42)/t20-,30-,35-/m0/s1. The van der Waals surface area contributed by atoms with Crippen molar-refractivity contribution in [3.63, 3.8) is 0 Å². The molecule has 47 heavy (non-hydrogen) atoms. The highest BCUT2D eigenvalue weighted by Crippen LogP contribution is 2.41. The quantitative estimate of drug-likeness (QED) is 0.103. The number of carbonyl (C=O) groups is 3. The molecular formula is C35H43FN4O7. The van der Waals surface area contributed by atoms with Gasteiger partial charge in [0.25, 0.3) is 5.56 Å². The molecule has 11 nitrogen and oxygen atoms in total. The number of hydrogen-bond donors (Lipinski definition) is 4. The average molecular weight is 651 g/mol. The van der Waals surface area contributed by atoms with Crippen LogP contribution in [0.4, 0.5) is 4.39 Å². The lowest BCUT2D eigenvalue weighted by Crippen LogP contribution is -2.51. The maximum Gasteiger partial charge on any atom is 0.343 e. The first-order chi connectivity index (χ1) is 22.3. The van der Waals surface area contributed by atoms with Gasteiger partial charge in [-0.2, -0.15) is 0 Å². The van der Waals surface area contributed by atoms with Crippen LogP contribution in [0.25, 0.3) is 22.0 Å². The largest absolute Gasteiger partial charge is 0.458 e. The molecule has 0 aliphatic carbocycles. The number of hydrogen-bond acceptors (Lipinski definition) is 8. The molecule has 5 N–H and O–H groups in total. The van der Waals surface area contributed by atoms with Gasteiger partial charge in [-0.1, -0.05) is 20.8 Å². The van der Waals surface area contributed by atoms with E-state index < -0.39 is 23.7 Å². The number of pyridine rings is 1. The van der Waals surface area contributed by atoms with Crippen molar-refractivity contribution in [2.24, 2.45) is 11.7 Å². The number of fused-ring (bicyclic) bond motifs is 5. The number of unbranched alkanes of at least 4 members (excludes halogenated alkanes) is 1. The molecule has 3 aromatic rings. The van der Waals surface area contributed by atoms with E-state index >= 15 is 4.39 Å². The van der Waals surface area contributed by atoms with Gasteiger partial charge in [-0.25, -0.2) is 9.18 Å². The summed E-state index contributed by atoms with van der Waals surface area (Å²) >= 11 is 0. The zero-order valence-corrected chi connectivity index (χ0v) is 27.5. The van der Waals surface area contributed by atoms with E-state index in [-0.39, 0.29) is 60.0 Å². The summed E-state index contributed by atoms with van der Waals surface area (Å²) < 4.78 is 27.5. The lowest BCUT2D eigenvalue weighted by atomic mass is 9.85. The van der Waals surface area contributed by atoms with E-state index in [0.717, 1.165) is 22.1 Å². The number of aliphatic hydroxyl groups is 1. The monoisotopic (exact) mass is 650 g/mol. The van der Waals surface area contributed by atoms with Crippen molar-refractivity contribution < 1.29 is 33.4 Å². The SMILES string of the molecule is CC[C@@]1(O)C(=O)OCc2c1cc1n(c2=O)Cc2cc3c(CCCCOCNC(=O)[C@H](C)NC(=O)[C@@H](N)C(C)C)c(C)c(F)cc3cc2-1. The van der Waals surface area contributed by atoms with E-state index in [0.29, 0.717) is 49.1 Å². The third kappa shape index (κ3) is 6.41. The van der Waals surface area contributed by atoms with Gasteiger partial charge in [0.05, 0.1) is 23.8 Å². The Morgan fingerprint density at radius 3 is 2.60 bits per heavy atom. The molecule has 5 rings (SSSR count). The number of amides is 2. The van der Waals surface area contributed by atoms with Gasteiger partial charge in [-0.05, 0) is 97.2 Å². The van der Waals surface area contributed by atoms with Crippen LogP contribution in [0.2, 0.25) is 0 Å². The van der Waals surface area contributed by atoms with Gasteiger partial charge >= 0.3 is 5.97 Å². The summed E-state index contributed by atoms with van der Waals surface area (Å²) in [4.78, 5) is 50.4. The third-order valence-corrected chi connectivity index (χ3v) is 9.43. The predicted molar refractivity (Wildman–Crippen MR) is 174 cm³/mol. The normalized spacial score (nSPS) is 17.9. The van der Waals surface area contributed by atoms with Crippen molar-refractivity contribution in [1.82, 2.24) is 15.2 Å². The van der Waals surface area contributed by atoms with Crippen molar-refractivity contribution >= 4 is 28.6 Å². The Morgan fingerprint density at radius 1 is 1.15 bits per heavy atom. The zero-order chi connectivity index (χ0) is 34.2. The maximum absolute atomic E-state index is 15.2. The second kappa shape index (κ2) is 13.5. The molecule has 0 unspecified atom stereocenters. The highest BCUT2D eigenvalue weighted by molar-refractivity contribution is 5.93. The average Bonchev–Trinajstić information content (AvgIpc) is 3.40. The fourth-order valence-corrected chi connectivity index (χ4v) is 6.31. The number of cyclic esters (lactones) is 1. The molecule has 252 valence electrons. The molecule has 0 spiro atoms. The van der Waals surface area contributed by atoms with Gasteiger partial charge in [-0.3, -0.25) is 14.4 Å². The minimum atomic E-state index is -1.90. The summed E-state index contributed by atoms with van der Waals surface area (Å²) in [5.74, 6) is -1.91. The van der Waals surface area contributed by atoms with Gasteiger partial charge in [0.1, 0.15) is 25.2 Å². The third-order valence-electron chi connectivity index (χ3n) is 9.43. The second-order valence-corrected chi connectivity index (χ2v) is 12.8. The van der Waals surface area contributed by atoms with Gasteiger partial charge in [-0.15, -0.1) is 0 Å². The zero-order valence-electron chi connectivity index (χ0n) is 27.5. The Hall–Kier alpha value is -4.13. The van der Waals surface area contributed by atoms with Crippen molar-refractivity contribution in [2.45, 2.75) is 91.1 Å². The molecule has 12 heteroatoms. The first-order valence-corrected chi connectivity index (χ1v) is 16.1. The van der Waals surface area contributed by atoms with Crippen LogP contribution in [0.1, 0.15) is 74.8 Å². The van der Waals surface area contributed by atoms with Crippen molar-refractivity contribution in [3.05, 3.63) is 68.3 Å². The van der Waals surface area contributed by atoms with E-state index in [4.69, 9.17) is 15.2 Å². The van der Waals surface area contributed by atoms with Crippen molar-refractivity contribution in [2.75, 3.05) is 13.3 Å². The van der Waals surface area contributed by atoms with E-state index in [2.05, 4.69) is 10.6 Å². The Balaban J connectivity index is 1.24. The number of halogens is 1. The number of ether oxygens (including phenoxy) is 2. The van der Waals surface area contributed by atoms with Crippen LogP contribution in [0, 0.1) is 18.7 Å². The van der Waals surface area contributed by atoms with Gasteiger partial charge < -0.3 is 35.5 Å². The minimum Gasteiger partial charge on any atom is -0.458 e. The molecule has 0 fully saturated rings. The molecular weight excluding hydrogens is 607 g/mol. The first-order valence-electron chi connectivity index (χ1n) is 16.1. The van der Waals surface area contributed by atoms with Crippen LogP contribution < -0.4 is 21.9 Å². The molecule has 2 aliphatic heterocycles. The molecule has 3 atom stereocenters. The highest BCUT2D eigenvalue weighted by Gasteiger charge is 2.45. The molecule has 2 aliphatic rings. The minimum absolute atomic E-state index is 0.0113. The van der Waals surface area contributed by atoms with Gasteiger partial charge in [0.2, 0.25) is 11.8 Å². The molecule has 0 radical (unpaired) electrons. The summed E-state index contributed by atoms with van der Waals surface area (Å²) in [5.41, 5.74) is 7.83. The number of aryl methyl sites for hydroxylation is 1. The molecule has 2 aromatic carbocycles. The summed E-state index contributed by atoms with van der Waals surface area (Å²) in [6.45, 7) is 9.14. The fourth-order valence-electron chi connectivity index (χ4n) is 6.31. The van der Waals surface area contributed by atoms with Crippen LogP contribution in [0.15, 0.2) is 29.1 Å². The smallest absolute Gasteiger partial charge is 0.343 e. The predicted octanol–water partition coefficient (Wildman–Crippen LogP) is 3.03.